The molecule has 0 amide bonds. The van der Waals surface area contributed by atoms with Gasteiger partial charge in [-0.05, 0) is 0 Å². The normalized spacial score (nSPS) is 12.7. The van der Waals surface area contributed by atoms with Crippen LogP contribution in [0.25, 0.3) is 0 Å². The maximum absolute atomic E-state index is 8.08. The molecule has 6 rings (SSSR count). The van der Waals surface area contributed by atoms with E-state index < -0.39 is 22.5 Å². The first-order chi connectivity index (χ1) is 20.0. The molecule has 0 radical (unpaired) electrons. The van der Waals surface area contributed by atoms with Gasteiger partial charge < -0.3 is 0 Å². The molecule has 0 aromatic heterocycles. The van der Waals surface area contributed by atoms with E-state index in [1.54, 1.807) is 0 Å². The van der Waals surface area contributed by atoms with Gasteiger partial charge in [0, 0.05) is 0 Å². The third-order valence-electron chi connectivity index (χ3n) is 7.04. The molecule has 0 aliphatic rings. The van der Waals surface area contributed by atoms with Gasteiger partial charge in [0.15, 0.2) is 0 Å². The van der Waals surface area contributed by atoms with Crippen molar-refractivity contribution in [3.63, 3.8) is 0 Å². The molecule has 0 spiro atoms. The zero-order valence-corrected chi connectivity index (χ0v) is 28.2. The number of hydrogen-bond acceptors (Lipinski definition) is 0. The summed E-state index contributed by atoms with van der Waals surface area (Å²) in [6.45, 7) is 0. The number of halogens is 3. The average Bonchev–Trinajstić information content (AvgIpc) is 3.07. The van der Waals surface area contributed by atoms with Crippen LogP contribution in [-0.4, -0.2) is 22.5 Å². The zero-order valence-electron chi connectivity index (χ0n) is 22.3. The monoisotopic (exact) mass is 722 g/mol. The minimum atomic E-state index is -4.08. The van der Waals surface area contributed by atoms with Crippen molar-refractivity contribution in [1.29, 1.82) is 0 Å². The van der Waals surface area contributed by atoms with E-state index in [1.807, 2.05) is 60.7 Å². The maximum atomic E-state index is 8.08. The molecule has 5 heteroatoms. The van der Waals surface area contributed by atoms with Crippen molar-refractivity contribution in [2.24, 2.45) is 0 Å². The fraction of sp³-hybridized carbons (Fsp3) is 0. The Labute approximate surface area is 259 Å². The van der Waals surface area contributed by atoms with Crippen molar-refractivity contribution < 1.29 is 0 Å². The molecule has 0 bridgehead atoms. The molecule has 0 saturated carbocycles. The summed E-state index contributed by atoms with van der Waals surface area (Å²) >= 11 is -6.79. The van der Waals surface area contributed by atoms with Gasteiger partial charge in [0.05, 0.1) is 0 Å². The predicted octanol–water partition coefficient (Wildman–Crippen LogP) is 6.47. The third kappa shape index (κ3) is 5.82. The molecule has 0 saturated heterocycles. The second-order valence-corrected chi connectivity index (χ2v) is 31.1. The van der Waals surface area contributed by atoms with Gasteiger partial charge in [0.25, 0.3) is 0 Å². The molecule has 0 aliphatic heterocycles. The van der Waals surface area contributed by atoms with Crippen LogP contribution in [0.2, 0.25) is 0 Å². The first kappa shape index (κ1) is 29.7. The van der Waals surface area contributed by atoms with E-state index in [2.05, 4.69) is 121 Å². The molecule has 0 unspecified atom stereocenters. The van der Waals surface area contributed by atoms with Crippen molar-refractivity contribution in [3.05, 3.63) is 182 Å². The SMILES string of the molecule is Cl[As](c1ccccc1)(c1ccccc1)(c1ccccc1)c1ccccc1.Cl[Se](Cl)(c1ccccc1)c1ccccc1. The molecule has 0 atom stereocenters. The van der Waals surface area contributed by atoms with E-state index in [1.165, 1.54) is 17.4 Å². The van der Waals surface area contributed by atoms with Crippen LogP contribution < -0.4 is 26.3 Å². The van der Waals surface area contributed by atoms with E-state index in [4.69, 9.17) is 30.1 Å². The quantitative estimate of drug-likeness (QED) is 0.173. The second-order valence-electron chi connectivity index (χ2n) is 9.45. The van der Waals surface area contributed by atoms with Gasteiger partial charge in [-0.3, -0.25) is 0 Å². The van der Waals surface area contributed by atoms with Crippen LogP contribution in [0.15, 0.2) is 182 Å². The van der Waals surface area contributed by atoms with Crippen molar-refractivity contribution >= 4 is 79.0 Å². The third-order valence-corrected chi connectivity index (χ3v) is 29.1. The number of rotatable bonds is 6. The zero-order chi connectivity index (χ0) is 28.6. The van der Waals surface area contributed by atoms with Gasteiger partial charge in [-0.2, -0.15) is 0 Å². The summed E-state index contributed by atoms with van der Waals surface area (Å²) in [4.78, 5) is 0. The summed E-state index contributed by atoms with van der Waals surface area (Å²) < 4.78 is 6.91. The van der Waals surface area contributed by atoms with Gasteiger partial charge in [-0.15, -0.1) is 0 Å². The van der Waals surface area contributed by atoms with Gasteiger partial charge in [0.1, 0.15) is 0 Å². The molecule has 0 N–H and O–H groups in total. The molecule has 206 valence electrons. The summed E-state index contributed by atoms with van der Waals surface area (Å²) in [6, 6.07) is 62.2. The van der Waals surface area contributed by atoms with E-state index >= 15 is 0 Å². The van der Waals surface area contributed by atoms with Gasteiger partial charge in [-0.25, -0.2) is 0 Å². The fourth-order valence-corrected chi connectivity index (χ4v) is 22.1. The first-order valence-electron chi connectivity index (χ1n) is 13.2. The summed E-state index contributed by atoms with van der Waals surface area (Å²) in [5.41, 5.74) is 0. The predicted molar refractivity (Wildman–Crippen MR) is 186 cm³/mol. The van der Waals surface area contributed by atoms with Gasteiger partial charge in [0.2, 0.25) is 0 Å². The molecule has 41 heavy (non-hydrogen) atoms. The summed E-state index contributed by atoms with van der Waals surface area (Å²) in [5.74, 6) is 0. The minimum absolute atomic E-state index is 1.04. The molecule has 0 nitrogen and oxygen atoms in total. The Balaban J connectivity index is 0.000000191. The van der Waals surface area contributed by atoms with Crippen LogP contribution >= 0.6 is 30.1 Å². The van der Waals surface area contributed by atoms with E-state index in [0.29, 0.717) is 0 Å². The standard InChI is InChI=1S/C24H20AsCl.C12H10Cl2Se/c26-25(21-13-5-1-6-14-21,22-15-7-2-8-16-22,23-17-9-3-10-18-23)24-19-11-4-12-20-24;13-15(14,11-7-3-1-4-8-11)12-9-5-2-6-10-12/h1-20H;1-10H. The van der Waals surface area contributed by atoms with Crippen molar-refractivity contribution in [2.75, 3.05) is 0 Å². The van der Waals surface area contributed by atoms with Crippen molar-refractivity contribution in [2.45, 2.75) is 0 Å². The Morgan fingerprint density at radius 1 is 0.317 bits per heavy atom. The Kier molecular flexibility index (Phi) is 9.48. The van der Waals surface area contributed by atoms with Crippen LogP contribution in [0, 0.1) is 0 Å². The summed E-state index contributed by atoms with van der Waals surface area (Å²) in [6.07, 6.45) is 0. The summed E-state index contributed by atoms with van der Waals surface area (Å²) in [5, 5.41) is 0. The molecule has 0 fully saturated rings. The van der Waals surface area contributed by atoms with E-state index in [-0.39, 0.29) is 0 Å². The Morgan fingerprint density at radius 2 is 0.512 bits per heavy atom. The van der Waals surface area contributed by atoms with Crippen LogP contribution in [0.5, 0.6) is 0 Å². The molecule has 0 heterocycles. The number of hydrogen-bond donors (Lipinski definition) is 0. The van der Waals surface area contributed by atoms with Crippen molar-refractivity contribution in [1.82, 2.24) is 0 Å². The van der Waals surface area contributed by atoms with Crippen LogP contribution in [0.4, 0.5) is 0 Å². The fourth-order valence-electron chi connectivity index (χ4n) is 5.05. The van der Waals surface area contributed by atoms with Crippen LogP contribution in [0.3, 0.4) is 0 Å². The molecule has 6 aromatic carbocycles. The Bertz CT molecular complexity index is 1440. The molecular weight excluding hydrogens is 693 g/mol. The molecule has 6 aromatic rings. The van der Waals surface area contributed by atoms with Gasteiger partial charge >= 0.3 is 261 Å². The summed E-state index contributed by atoms with van der Waals surface area (Å²) in [7, 11) is 21.1. The average molecular weight is 723 g/mol. The van der Waals surface area contributed by atoms with E-state index in [0.717, 1.165) is 8.92 Å². The molecule has 0 aliphatic carbocycles. The van der Waals surface area contributed by atoms with Crippen molar-refractivity contribution in [3.8, 4) is 0 Å². The Hall–Kier alpha value is -2.73. The molecular formula is C36H30AsCl3Se. The van der Waals surface area contributed by atoms with Crippen LogP contribution in [0.1, 0.15) is 0 Å². The van der Waals surface area contributed by atoms with Gasteiger partial charge in [-0.1, -0.05) is 0 Å². The first-order valence-corrected chi connectivity index (χ1v) is 25.7. The number of benzene rings is 6. The van der Waals surface area contributed by atoms with Crippen LogP contribution in [-0.2, 0) is 0 Å². The topological polar surface area (TPSA) is 0 Å². The van der Waals surface area contributed by atoms with E-state index in [9.17, 15) is 0 Å². The second kappa shape index (κ2) is 13.1. The Morgan fingerprint density at radius 3 is 0.732 bits per heavy atom.